The van der Waals surface area contributed by atoms with E-state index >= 15 is 0 Å². The maximum atomic E-state index is 11.4. The van der Waals surface area contributed by atoms with Crippen LogP contribution < -0.4 is 4.74 Å². The first-order valence-electron chi connectivity index (χ1n) is 6.77. The van der Waals surface area contributed by atoms with Gasteiger partial charge < -0.3 is 4.74 Å². The van der Waals surface area contributed by atoms with Crippen LogP contribution in [0.25, 0.3) is 0 Å². The van der Waals surface area contributed by atoms with Gasteiger partial charge in [0, 0.05) is 17.9 Å². The van der Waals surface area contributed by atoms with Gasteiger partial charge in [-0.3, -0.25) is 9.59 Å². The Morgan fingerprint density at radius 2 is 1.74 bits per heavy atom. The van der Waals surface area contributed by atoms with E-state index in [0.717, 1.165) is 18.6 Å². The molecule has 0 bridgehead atoms. The van der Waals surface area contributed by atoms with Crippen LogP contribution in [-0.2, 0) is 4.79 Å². The Morgan fingerprint density at radius 3 is 2.26 bits per heavy atom. The first kappa shape index (κ1) is 15.4. The normalized spacial score (nSPS) is 10.5. The van der Waals surface area contributed by atoms with Crippen LogP contribution in [-0.4, -0.2) is 18.2 Å². The molecule has 3 heteroatoms. The van der Waals surface area contributed by atoms with Crippen molar-refractivity contribution < 1.29 is 14.3 Å². The molecule has 104 valence electrons. The number of rotatable bonds is 8. The van der Waals surface area contributed by atoms with E-state index in [2.05, 4.69) is 0 Å². The topological polar surface area (TPSA) is 43.4 Å². The van der Waals surface area contributed by atoms with E-state index in [1.807, 2.05) is 13.8 Å². The van der Waals surface area contributed by atoms with E-state index in [1.54, 1.807) is 31.2 Å². The van der Waals surface area contributed by atoms with Crippen LogP contribution in [0, 0.1) is 5.92 Å². The number of ether oxygens (including phenoxy) is 1. The summed E-state index contributed by atoms with van der Waals surface area (Å²) in [5.74, 6) is 1.25. The molecule has 1 aromatic rings. The van der Waals surface area contributed by atoms with Gasteiger partial charge in [-0.1, -0.05) is 13.8 Å². The second kappa shape index (κ2) is 7.72. The lowest BCUT2D eigenvalue weighted by Crippen LogP contribution is -2.07. The fraction of sp³-hybridized carbons (Fsp3) is 0.500. The van der Waals surface area contributed by atoms with Crippen molar-refractivity contribution in [3.05, 3.63) is 29.8 Å². The SMILES string of the molecule is CC(=O)c1ccc(OCCCCC(=O)C(C)C)cc1. The van der Waals surface area contributed by atoms with Crippen molar-refractivity contribution in [1.82, 2.24) is 0 Å². The van der Waals surface area contributed by atoms with E-state index in [1.165, 1.54) is 0 Å². The maximum Gasteiger partial charge on any atom is 0.159 e. The van der Waals surface area contributed by atoms with Gasteiger partial charge in [0.2, 0.25) is 0 Å². The fourth-order valence-electron chi connectivity index (χ4n) is 1.67. The largest absolute Gasteiger partial charge is 0.494 e. The monoisotopic (exact) mass is 262 g/mol. The van der Waals surface area contributed by atoms with Crippen molar-refractivity contribution in [2.24, 2.45) is 5.92 Å². The smallest absolute Gasteiger partial charge is 0.159 e. The van der Waals surface area contributed by atoms with Crippen LogP contribution in [0.5, 0.6) is 5.75 Å². The summed E-state index contributed by atoms with van der Waals surface area (Å²) < 4.78 is 5.56. The second-order valence-electron chi connectivity index (χ2n) is 5.01. The van der Waals surface area contributed by atoms with Crippen LogP contribution in [0.15, 0.2) is 24.3 Å². The van der Waals surface area contributed by atoms with Gasteiger partial charge in [0.15, 0.2) is 5.78 Å². The number of carbonyl (C=O) groups is 2. The maximum absolute atomic E-state index is 11.4. The van der Waals surface area contributed by atoms with Crippen molar-refractivity contribution >= 4 is 11.6 Å². The molecule has 0 fully saturated rings. The summed E-state index contributed by atoms with van der Waals surface area (Å²) in [6.07, 6.45) is 2.36. The highest BCUT2D eigenvalue weighted by atomic mass is 16.5. The molecule has 1 rings (SSSR count). The molecular weight excluding hydrogens is 240 g/mol. The lowest BCUT2D eigenvalue weighted by molar-refractivity contribution is -0.122. The number of ketones is 2. The molecule has 19 heavy (non-hydrogen) atoms. The fourth-order valence-corrected chi connectivity index (χ4v) is 1.67. The minimum absolute atomic E-state index is 0.0544. The van der Waals surface area contributed by atoms with Crippen molar-refractivity contribution in [2.45, 2.75) is 40.0 Å². The van der Waals surface area contributed by atoms with E-state index in [4.69, 9.17) is 4.74 Å². The number of carbonyl (C=O) groups excluding carboxylic acids is 2. The van der Waals surface area contributed by atoms with Crippen LogP contribution in [0.3, 0.4) is 0 Å². The third-order valence-electron chi connectivity index (χ3n) is 2.99. The Hall–Kier alpha value is -1.64. The summed E-state index contributed by atoms with van der Waals surface area (Å²) in [7, 11) is 0. The molecule has 0 unspecified atom stereocenters. The predicted octanol–water partition coefficient (Wildman–Crippen LogP) is 3.66. The first-order chi connectivity index (χ1) is 9.00. The van der Waals surface area contributed by atoms with Gasteiger partial charge >= 0.3 is 0 Å². The Bertz CT molecular complexity index is 418. The molecule has 0 N–H and O–H groups in total. The van der Waals surface area contributed by atoms with Crippen molar-refractivity contribution in [2.75, 3.05) is 6.61 Å². The number of hydrogen-bond donors (Lipinski definition) is 0. The molecule has 0 heterocycles. The third kappa shape index (κ3) is 5.69. The standard InChI is InChI=1S/C16H22O3/c1-12(2)16(18)6-4-5-11-19-15-9-7-14(8-10-15)13(3)17/h7-10,12H,4-6,11H2,1-3H3. The highest BCUT2D eigenvalue weighted by Crippen LogP contribution is 2.13. The molecule has 1 aromatic carbocycles. The van der Waals surface area contributed by atoms with Gasteiger partial charge in [-0.25, -0.2) is 0 Å². The zero-order valence-corrected chi connectivity index (χ0v) is 11.9. The average molecular weight is 262 g/mol. The van der Waals surface area contributed by atoms with Crippen molar-refractivity contribution in [1.29, 1.82) is 0 Å². The number of benzene rings is 1. The summed E-state index contributed by atoms with van der Waals surface area (Å²) in [4.78, 5) is 22.5. The summed E-state index contributed by atoms with van der Waals surface area (Å²) in [5.41, 5.74) is 0.690. The van der Waals surface area contributed by atoms with Crippen molar-refractivity contribution in [3.8, 4) is 5.75 Å². The molecule has 0 spiro atoms. The van der Waals surface area contributed by atoms with E-state index in [-0.39, 0.29) is 11.7 Å². The predicted molar refractivity (Wildman–Crippen MR) is 75.6 cm³/mol. The molecule has 0 radical (unpaired) electrons. The van der Waals surface area contributed by atoms with Gasteiger partial charge in [-0.15, -0.1) is 0 Å². The van der Waals surface area contributed by atoms with Gasteiger partial charge in [0.1, 0.15) is 11.5 Å². The molecule has 3 nitrogen and oxygen atoms in total. The molecule has 0 aromatic heterocycles. The molecular formula is C16H22O3. The molecule has 0 saturated carbocycles. The number of unbranched alkanes of at least 4 members (excludes halogenated alkanes) is 1. The van der Waals surface area contributed by atoms with Crippen LogP contribution >= 0.6 is 0 Å². The van der Waals surface area contributed by atoms with E-state index in [0.29, 0.717) is 24.4 Å². The molecule has 0 atom stereocenters. The lowest BCUT2D eigenvalue weighted by Gasteiger charge is -2.07. The minimum Gasteiger partial charge on any atom is -0.494 e. The zero-order chi connectivity index (χ0) is 14.3. The lowest BCUT2D eigenvalue weighted by atomic mass is 10.0. The molecule has 0 aliphatic rings. The summed E-state index contributed by atoms with van der Waals surface area (Å²) in [5, 5.41) is 0. The Balaban J connectivity index is 2.22. The quantitative estimate of drug-likeness (QED) is 0.530. The second-order valence-corrected chi connectivity index (χ2v) is 5.01. The zero-order valence-electron chi connectivity index (χ0n) is 11.9. The highest BCUT2D eigenvalue weighted by molar-refractivity contribution is 5.94. The molecule has 0 aliphatic carbocycles. The molecule has 0 amide bonds. The molecule has 0 aliphatic heterocycles. The Kier molecular flexibility index (Phi) is 6.26. The minimum atomic E-state index is 0.0544. The van der Waals surface area contributed by atoms with E-state index in [9.17, 15) is 9.59 Å². The third-order valence-corrected chi connectivity index (χ3v) is 2.99. The number of Topliss-reactive ketones (excluding diaryl/α,β-unsaturated/α-hetero) is 2. The highest BCUT2D eigenvalue weighted by Gasteiger charge is 2.06. The summed E-state index contributed by atoms with van der Waals surface area (Å²) >= 11 is 0. The molecule has 0 saturated heterocycles. The number of hydrogen-bond acceptors (Lipinski definition) is 3. The summed E-state index contributed by atoms with van der Waals surface area (Å²) in [6.45, 7) is 6.00. The Labute approximate surface area is 115 Å². The average Bonchev–Trinajstić information content (AvgIpc) is 2.38. The van der Waals surface area contributed by atoms with E-state index < -0.39 is 0 Å². The van der Waals surface area contributed by atoms with Crippen LogP contribution in [0.4, 0.5) is 0 Å². The van der Waals surface area contributed by atoms with Gasteiger partial charge in [0.25, 0.3) is 0 Å². The van der Waals surface area contributed by atoms with Crippen LogP contribution in [0.1, 0.15) is 50.4 Å². The Morgan fingerprint density at radius 1 is 1.11 bits per heavy atom. The summed E-state index contributed by atoms with van der Waals surface area (Å²) in [6, 6.07) is 7.13. The van der Waals surface area contributed by atoms with Gasteiger partial charge in [0.05, 0.1) is 6.61 Å². The van der Waals surface area contributed by atoms with Gasteiger partial charge in [-0.2, -0.15) is 0 Å². The first-order valence-corrected chi connectivity index (χ1v) is 6.77. The van der Waals surface area contributed by atoms with Gasteiger partial charge in [-0.05, 0) is 44.0 Å². The van der Waals surface area contributed by atoms with Crippen molar-refractivity contribution in [3.63, 3.8) is 0 Å². The van der Waals surface area contributed by atoms with Crippen LogP contribution in [0.2, 0.25) is 0 Å².